The van der Waals surface area contributed by atoms with Gasteiger partial charge in [0.05, 0.1) is 13.1 Å². The maximum absolute atomic E-state index is 4.82. The lowest BCUT2D eigenvalue weighted by atomic mass is 10.0. The molecule has 1 unspecified atom stereocenters. The van der Waals surface area contributed by atoms with Gasteiger partial charge in [-0.25, -0.2) is 14.7 Å². The van der Waals surface area contributed by atoms with Gasteiger partial charge in [0.15, 0.2) is 5.96 Å². The summed E-state index contributed by atoms with van der Waals surface area (Å²) in [5.41, 5.74) is 1.24. The van der Waals surface area contributed by atoms with E-state index >= 15 is 0 Å². The second-order valence-corrected chi connectivity index (χ2v) is 6.57. The fourth-order valence-corrected chi connectivity index (χ4v) is 3.46. The highest BCUT2D eigenvalue weighted by Crippen LogP contribution is 2.19. The molecule has 2 N–H and O–H groups in total. The summed E-state index contributed by atoms with van der Waals surface area (Å²) in [4.78, 5) is 9.11. The third-order valence-electron chi connectivity index (χ3n) is 4.78. The van der Waals surface area contributed by atoms with Gasteiger partial charge in [-0.3, -0.25) is 0 Å². The van der Waals surface area contributed by atoms with Crippen LogP contribution in [0.5, 0.6) is 0 Å². The smallest absolute Gasteiger partial charge is 0.191 e. The third kappa shape index (κ3) is 3.54. The molecule has 134 valence electrons. The summed E-state index contributed by atoms with van der Waals surface area (Å²) in [6.45, 7) is 4.40. The van der Waals surface area contributed by atoms with Crippen molar-refractivity contribution in [1.29, 1.82) is 0 Å². The van der Waals surface area contributed by atoms with Crippen LogP contribution in [0, 0.1) is 0 Å². The van der Waals surface area contributed by atoms with E-state index in [4.69, 9.17) is 4.99 Å². The number of aromatic nitrogens is 3. The van der Waals surface area contributed by atoms with Crippen LogP contribution in [0.25, 0.3) is 10.8 Å². The van der Waals surface area contributed by atoms with Crippen molar-refractivity contribution in [3.63, 3.8) is 0 Å². The Bertz CT molecular complexity index is 908. The summed E-state index contributed by atoms with van der Waals surface area (Å²) in [6.07, 6.45) is 3.62. The molecule has 6 nitrogen and oxygen atoms in total. The van der Waals surface area contributed by atoms with Gasteiger partial charge in [0.25, 0.3) is 0 Å². The van der Waals surface area contributed by atoms with Crippen molar-refractivity contribution in [1.82, 2.24) is 25.4 Å². The summed E-state index contributed by atoms with van der Waals surface area (Å²) in [7, 11) is 0. The Balaban J connectivity index is 1.49. The Hall–Kier alpha value is -2.89. The lowest BCUT2D eigenvalue weighted by Crippen LogP contribution is -2.47. The van der Waals surface area contributed by atoms with Crippen LogP contribution in [0.1, 0.15) is 24.7 Å². The van der Waals surface area contributed by atoms with E-state index in [0.29, 0.717) is 12.6 Å². The van der Waals surface area contributed by atoms with Crippen LogP contribution in [0.15, 0.2) is 53.8 Å². The van der Waals surface area contributed by atoms with Crippen LogP contribution in [-0.4, -0.2) is 33.3 Å². The number of rotatable bonds is 4. The lowest BCUT2D eigenvalue weighted by Gasteiger charge is -2.25. The van der Waals surface area contributed by atoms with Gasteiger partial charge >= 0.3 is 0 Å². The molecule has 26 heavy (non-hydrogen) atoms. The van der Waals surface area contributed by atoms with Gasteiger partial charge in [0, 0.05) is 19.0 Å². The molecule has 1 aliphatic rings. The standard InChI is InChI=1S/C20H24N6/c1-2-21-20(25-17-10-11-19-23-14-24-26(19)13-17)22-12-16-8-5-7-15-6-3-4-9-18(15)16/h3-9,14,17H,2,10-13H2,1H3,(H2,21,22,25). The molecule has 6 heteroatoms. The fourth-order valence-electron chi connectivity index (χ4n) is 3.46. The molecule has 0 amide bonds. The first-order valence-corrected chi connectivity index (χ1v) is 9.21. The van der Waals surface area contributed by atoms with Crippen molar-refractivity contribution in [2.45, 2.75) is 38.9 Å². The van der Waals surface area contributed by atoms with Crippen molar-refractivity contribution in [2.75, 3.05) is 6.54 Å². The Kier molecular flexibility index (Phi) is 4.82. The van der Waals surface area contributed by atoms with E-state index < -0.39 is 0 Å². The average molecular weight is 348 g/mol. The molecule has 0 bridgehead atoms. The van der Waals surface area contributed by atoms with E-state index in [0.717, 1.165) is 37.7 Å². The number of guanidine groups is 1. The van der Waals surface area contributed by atoms with Crippen LogP contribution in [0.3, 0.4) is 0 Å². The number of nitrogens with one attached hydrogen (secondary N) is 2. The summed E-state index contributed by atoms with van der Waals surface area (Å²) >= 11 is 0. The van der Waals surface area contributed by atoms with Crippen LogP contribution in [-0.2, 0) is 19.5 Å². The van der Waals surface area contributed by atoms with E-state index in [9.17, 15) is 0 Å². The summed E-state index contributed by atoms with van der Waals surface area (Å²) in [6, 6.07) is 15.2. The fraction of sp³-hybridized carbons (Fsp3) is 0.350. The maximum atomic E-state index is 4.82. The molecule has 1 aliphatic heterocycles. The van der Waals surface area contributed by atoms with Crippen molar-refractivity contribution < 1.29 is 0 Å². The normalized spacial score (nSPS) is 17.1. The van der Waals surface area contributed by atoms with Crippen molar-refractivity contribution in [2.24, 2.45) is 4.99 Å². The van der Waals surface area contributed by atoms with Gasteiger partial charge in [-0.05, 0) is 29.7 Å². The summed E-state index contributed by atoms with van der Waals surface area (Å²) in [5, 5.41) is 13.7. The Labute approximate surface area is 153 Å². The van der Waals surface area contributed by atoms with Gasteiger partial charge in [0.1, 0.15) is 12.2 Å². The number of hydrogen-bond acceptors (Lipinski definition) is 3. The van der Waals surface area contributed by atoms with Gasteiger partial charge < -0.3 is 10.6 Å². The minimum atomic E-state index is 0.314. The second kappa shape index (κ2) is 7.56. The molecule has 0 saturated carbocycles. The largest absolute Gasteiger partial charge is 0.357 e. The van der Waals surface area contributed by atoms with Gasteiger partial charge in [-0.2, -0.15) is 5.10 Å². The average Bonchev–Trinajstić information content (AvgIpc) is 3.14. The van der Waals surface area contributed by atoms with E-state index in [1.165, 1.54) is 16.3 Å². The number of benzene rings is 2. The maximum Gasteiger partial charge on any atom is 0.191 e. The molecule has 0 spiro atoms. The number of aryl methyl sites for hydroxylation is 1. The Morgan fingerprint density at radius 3 is 3.04 bits per heavy atom. The zero-order chi connectivity index (χ0) is 17.8. The van der Waals surface area contributed by atoms with Crippen LogP contribution in [0.4, 0.5) is 0 Å². The highest BCUT2D eigenvalue weighted by molar-refractivity contribution is 5.86. The van der Waals surface area contributed by atoms with E-state index in [1.54, 1.807) is 6.33 Å². The molecule has 0 aliphatic carbocycles. The summed E-state index contributed by atoms with van der Waals surface area (Å²) < 4.78 is 1.98. The molecule has 2 heterocycles. The topological polar surface area (TPSA) is 67.1 Å². The first-order valence-electron chi connectivity index (χ1n) is 9.21. The molecule has 1 atom stereocenters. The van der Waals surface area contributed by atoms with Gasteiger partial charge in [-0.15, -0.1) is 0 Å². The molecular weight excluding hydrogens is 324 g/mol. The van der Waals surface area contributed by atoms with Crippen molar-refractivity contribution in [3.8, 4) is 0 Å². The highest BCUT2D eigenvalue weighted by Gasteiger charge is 2.20. The second-order valence-electron chi connectivity index (χ2n) is 6.57. The zero-order valence-corrected chi connectivity index (χ0v) is 15.0. The first-order chi connectivity index (χ1) is 12.8. The number of nitrogens with zero attached hydrogens (tertiary/aromatic N) is 4. The quantitative estimate of drug-likeness (QED) is 0.562. The minimum absolute atomic E-state index is 0.314. The van der Waals surface area contributed by atoms with E-state index in [2.05, 4.69) is 70.1 Å². The first kappa shape index (κ1) is 16.6. The molecule has 3 aromatic rings. The predicted molar refractivity (Wildman–Crippen MR) is 104 cm³/mol. The molecule has 2 aromatic carbocycles. The van der Waals surface area contributed by atoms with Crippen molar-refractivity contribution >= 4 is 16.7 Å². The molecule has 0 fully saturated rings. The number of aliphatic imine (C=N–C) groups is 1. The minimum Gasteiger partial charge on any atom is -0.357 e. The Morgan fingerprint density at radius 1 is 1.23 bits per heavy atom. The van der Waals surface area contributed by atoms with Crippen LogP contribution < -0.4 is 10.6 Å². The lowest BCUT2D eigenvalue weighted by molar-refractivity contribution is 0.393. The number of hydrogen-bond donors (Lipinski definition) is 2. The zero-order valence-electron chi connectivity index (χ0n) is 15.0. The van der Waals surface area contributed by atoms with E-state index in [1.807, 2.05) is 4.68 Å². The predicted octanol–water partition coefficient (Wildman–Crippen LogP) is 2.50. The van der Waals surface area contributed by atoms with Gasteiger partial charge in [0.2, 0.25) is 0 Å². The van der Waals surface area contributed by atoms with E-state index in [-0.39, 0.29) is 0 Å². The third-order valence-corrected chi connectivity index (χ3v) is 4.78. The monoisotopic (exact) mass is 348 g/mol. The molecule has 4 rings (SSSR count). The molecule has 1 aromatic heterocycles. The van der Waals surface area contributed by atoms with Crippen molar-refractivity contribution in [3.05, 3.63) is 60.2 Å². The summed E-state index contributed by atoms with van der Waals surface area (Å²) in [5.74, 6) is 1.93. The van der Waals surface area contributed by atoms with Crippen LogP contribution >= 0.6 is 0 Å². The number of fused-ring (bicyclic) bond motifs is 2. The molecule has 0 saturated heterocycles. The molecule has 0 radical (unpaired) electrons. The highest BCUT2D eigenvalue weighted by atomic mass is 15.4. The van der Waals surface area contributed by atoms with Gasteiger partial charge in [-0.1, -0.05) is 42.5 Å². The molecular formula is C20H24N6. The SMILES string of the molecule is CCNC(=NCc1cccc2ccccc12)NC1CCc2ncnn2C1. The Morgan fingerprint density at radius 2 is 2.12 bits per heavy atom. The van der Waals surface area contributed by atoms with Crippen LogP contribution in [0.2, 0.25) is 0 Å².